The Hall–Kier alpha value is -3.21. The van der Waals surface area contributed by atoms with Gasteiger partial charge in [-0.05, 0) is 18.4 Å². The molecule has 0 saturated carbocycles. The van der Waals surface area contributed by atoms with Gasteiger partial charge in [0.1, 0.15) is 0 Å². The number of nitrogens with one attached hydrogen (secondary N) is 2. The highest BCUT2D eigenvalue weighted by Crippen LogP contribution is 2.36. The first-order valence-corrected chi connectivity index (χ1v) is 11.1. The van der Waals surface area contributed by atoms with Crippen molar-refractivity contribution >= 4 is 28.7 Å². The second-order valence-electron chi connectivity index (χ2n) is 8.21. The van der Waals surface area contributed by atoms with E-state index in [1.54, 1.807) is 0 Å². The standard InChI is InChI=1S/C22H25F3N8/c23-22(24,25)17-19(27-14-15-6-2-1-3-7-15)29-18-16(28-17)20(32-10-4-5-11-32)31-21(30-18)33-12-8-26-9-13-33/h1-3,6-7,26H,4-5,8-14H2,(H,27,29,30,31). The van der Waals surface area contributed by atoms with Gasteiger partial charge in [0, 0.05) is 45.8 Å². The molecule has 33 heavy (non-hydrogen) atoms. The third-order valence-electron chi connectivity index (χ3n) is 5.88. The third-order valence-corrected chi connectivity index (χ3v) is 5.88. The van der Waals surface area contributed by atoms with E-state index in [9.17, 15) is 13.2 Å². The van der Waals surface area contributed by atoms with Gasteiger partial charge >= 0.3 is 6.18 Å². The molecule has 2 N–H and O–H groups in total. The lowest BCUT2D eigenvalue weighted by Gasteiger charge is -2.28. The van der Waals surface area contributed by atoms with E-state index in [-0.39, 0.29) is 23.5 Å². The number of hydrogen-bond acceptors (Lipinski definition) is 8. The van der Waals surface area contributed by atoms with Gasteiger partial charge in [0.05, 0.1) is 0 Å². The first-order chi connectivity index (χ1) is 16.0. The van der Waals surface area contributed by atoms with Crippen LogP contribution in [0.3, 0.4) is 0 Å². The number of fused-ring (bicyclic) bond motifs is 1. The molecule has 0 bridgehead atoms. The summed E-state index contributed by atoms with van der Waals surface area (Å²) in [5.74, 6) is 0.587. The van der Waals surface area contributed by atoms with Crippen molar-refractivity contribution in [1.29, 1.82) is 0 Å². The van der Waals surface area contributed by atoms with E-state index in [1.807, 2.05) is 40.1 Å². The maximum absolute atomic E-state index is 14.0. The summed E-state index contributed by atoms with van der Waals surface area (Å²) >= 11 is 0. The maximum Gasteiger partial charge on any atom is 0.437 e. The molecule has 5 rings (SSSR count). The van der Waals surface area contributed by atoms with Crippen molar-refractivity contribution in [2.75, 3.05) is 54.4 Å². The first-order valence-electron chi connectivity index (χ1n) is 11.1. The monoisotopic (exact) mass is 458 g/mol. The molecule has 8 nitrogen and oxygen atoms in total. The van der Waals surface area contributed by atoms with Gasteiger partial charge in [0.15, 0.2) is 28.5 Å². The van der Waals surface area contributed by atoms with Gasteiger partial charge in [0.2, 0.25) is 5.95 Å². The van der Waals surface area contributed by atoms with Crippen LogP contribution in [0.4, 0.5) is 30.8 Å². The summed E-state index contributed by atoms with van der Waals surface area (Å²) in [5.41, 5.74) is 0.0525. The van der Waals surface area contributed by atoms with Crippen molar-refractivity contribution in [1.82, 2.24) is 25.3 Å². The van der Waals surface area contributed by atoms with Crippen LogP contribution in [0.25, 0.3) is 11.2 Å². The van der Waals surface area contributed by atoms with E-state index >= 15 is 0 Å². The predicted molar refractivity (Wildman–Crippen MR) is 120 cm³/mol. The molecule has 2 fully saturated rings. The molecular weight excluding hydrogens is 433 g/mol. The first kappa shape index (κ1) is 21.6. The van der Waals surface area contributed by atoms with Crippen molar-refractivity contribution in [3.8, 4) is 0 Å². The fourth-order valence-corrected chi connectivity index (χ4v) is 4.18. The minimum Gasteiger partial charge on any atom is -0.364 e. The highest BCUT2D eigenvalue weighted by Gasteiger charge is 2.38. The zero-order chi connectivity index (χ0) is 22.8. The number of alkyl halides is 3. The Labute approximate surface area is 189 Å². The third kappa shape index (κ3) is 4.63. The van der Waals surface area contributed by atoms with Gasteiger partial charge in [0.25, 0.3) is 0 Å². The van der Waals surface area contributed by atoms with E-state index in [4.69, 9.17) is 0 Å². The van der Waals surface area contributed by atoms with Crippen LogP contribution in [0.15, 0.2) is 30.3 Å². The van der Waals surface area contributed by atoms with E-state index in [2.05, 4.69) is 30.6 Å². The Bertz CT molecular complexity index is 1110. The minimum absolute atomic E-state index is 0.0911. The molecule has 0 radical (unpaired) electrons. The minimum atomic E-state index is -4.67. The van der Waals surface area contributed by atoms with E-state index < -0.39 is 11.9 Å². The van der Waals surface area contributed by atoms with Crippen LogP contribution in [0.5, 0.6) is 0 Å². The summed E-state index contributed by atoms with van der Waals surface area (Å²) in [6.45, 7) is 4.68. The van der Waals surface area contributed by atoms with Crippen LogP contribution in [0.1, 0.15) is 24.1 Å². The molecule has 11 heteroatoms. The molecule has 0 atom stereocenters. The topological polar surface area (TPSA) is 82.1 Å². The lowest BCUT2D eigenvalue weighted by atomic mass is 10.2. The SMILES string of the molecule is FC(F)(F)c1nc2c(N3CCCC3)nc(N3CCNCC3)nc2nc1NCc1ccccc1. The quantitative estimate of drug-likeness (QED) is 0.604. The average molecular weight is 458 g/mol. The smallest absolute Gasteiger partial charge is 0.364 e. The van der Waals surface area contributed by atoms with Crippen molar-refractivity contribution in [3.63, 3.8) is 0 Å². The van der Waals surface area contributed by atoms with Gasteiger partial charge in [-0.3, -0.25) is 0 Å². The Morgan fingerprint density at radius 3 is 2.30 bits per heavy atom. The molecule has 0 amide bonds. The molecular formula is C22H25F3N8. The van der Waals surface area contributed by atoms with Gasteiger partial charge in [-0.1, -0.05) is 30.3 Å². The molecule has 174 valence electrons. The van der Waals surface area contributed by atoms with Crippen LogP contribution in [0.2, 0.25) is 0 Å². The summed E-state index contributed by atoms with van der Waals surface area (Å²) in [6, 6.07) is 9.21. The lowest BCUT2D eigenvalue weighted by molar-refractivity contribution is -0.140. The van der Waals surface area contributed by atoms with Gasteiger partial charge in [-0.25, -0.2) is 9.97 Å². The van der Waals surface area contributed by atoms with E-state index in [1.165, 1.54) is 0 Å². The summed E-state index contributed by atoms with van der Waals surface area (Å²) in [6.07, 6.45) is -2.74. The highest BCUT2D eigenvalue weighted by atomic mass is 19.4. The zero-order valence-corrected chi connectivity index (χ0v) is 18.1. The fourth-order valence-electron chi connectivity index (χ4n) is 4.18. The number of hydrogen-bond donors (Lipinski definition) is 2. The van der Waals surface area contributed by atoms with Crippen LogP contribution < -0.4 is 20.4 Å². The van der Waals surface area contributed by atoms with E-state index in [0.717, 1.165) is 57.7 Å². The maximum atomic E-state index is 14.0. The lowest BCUT2D eigenvalue weighted by Crippen LogP contribution is -2.44. The van der Waals surface area contributed by atoms with Crippen molar-refractivity contribution in [2.24, 2.45) is 0 Å². The summed E-state index contributed by atoms with van der Waals surface area (Å²) in [4.78, 5) is 21.6. The number of anilines is 3. The van der Waals surface area contributed by atoms with Crippen LogP contribution >= 0.6 is 0 Å². The molecule has 2 aromatic heterocycles. The molecule has 1 aromatic carbocycles. The Balaban J connectivity index is 1.61. The highest BCUT2D eigenvalue weighted by molar-refractivity contribution is 5.86. The van der Waals surface area contributed by atoms with Crippen LogP contribution in [-0.2, 0) is 12.7 Å². The summed E-state index contributed by atoms with van der Waals surface area (Å²) in [7, 11) is 0. The van der Waals surface area contributed by atoms with Gasteiger partial charge in [-0.15, -0.1) is 0 Å². The molecule has 0 aliphatic carbocycles. The molecule has 2 saturated heterocycles. The van der Waals surface area contributed by atoms with Crippen molar-refractivity contribution in [2.45, 2.75) is 25.6 Å². The zero-order valence-electron chi connectivity index (χ0n) is 18.1. The normalized spacial score (nSPS) is 17.1. The molecule has 0 spiro atoms. The number of piperazine rings is 1. The molecule has 2 aliphatic heterocycles. The summed E-state index contributed by atoms with van der Waals surface area (Å²) in [5, 5.41) is 6.11. The molecule has 0 unspecified atom stereocenters. The number of benzene rings is 1. The predicted octanol–water partition coefficient (Wildman–Crippen LogP) is 3.06. The number of rotatable bonds is 5. The van der Waals surface area contributed by atoms with Gasteiger partial charge in [-0.2, -0.15) is 23.1 Å². The average Bonchev–Trinajstić information content (AvgIpc) is 3.37. The second-order valence-corrected chi connectivity index (χ2v) is 8.21. The number of nitrogens with zero attached hydrogens (tertiary/aromatic N) is 6. The second kappa shape index (κ2) is 8.97. The Morgan fingerprint density at radius 2 is 1.61 bits per heavy atom. The molecule has 4 heterocycles. The fraction of sp³-hybridized carbons (Fsp3) is 0.455. The van der Waals surface area contributed by atoms with Crippen molar-refractivity contribution < 1.29 is 13.2 Å². The number of aromatic nitrogens is 4. The van der Waals surface area contributed by atoms with Crippen LogP contribution in [-0.4, -0.2) is 59.2 Å². The Kier molecular flexibility index (Phi) is 5.88. The van der Waals surface area contributed by atoms with E-state index in [0.29, 0.717) is 11.8 Å². The molecule has 3 aromatic rings. The Morgan fingerprint density at radius 1 is 0.879 bits per heavy atom. The molecule has 2 aliphatic rings. The van der Waals surface area contributed by atoms with Crippen LogP contribution in [0, 0.1) is 0 Å². The number of halogens is 3. The van der Waals surface area contributed by atoms with Crippen molar-refractivity contribution in [3.05, 3.63) is 41.6 Å². The largest absolute Gasteiger partial charge is 0.437 e. The van der Waals surface area contributed by atoms with Gasteiger partial charge < -0.3 is 20.4 Å². The summed E-state index contributed by atoms with van der Waals surface area (Å²) < 4.78 is 41.9.